The van der Waals surface area contributed by atoms with E-state index in [0.717, 1.165) is 42.4 Å². The zero-order valence-corrected chi connectivity index (χ0v) is 19.1. The summed E-state index contributed by atoms with van der Waals surface area (Å²) in [5, 5.41) is 10.2. The molecule has 4 aliphatic rings. The van der Waals surface area contributed by atoms with Crippen LogP contribution in [0, 0.1) is 40.4 Å². The van der Waals surface area contributed by atoms with Gasteiger partial charge in [-0.1, -0.05) is 77.2 Å². The molecule has 4 rings (SSSR count). The Labute approximate surface area is 174 Å². The first-order valence-electron chi connectivity index (χ1n) is 12.3. The molecule has 0 heterocycles. The molecule has 4 aliphatic carbocycles. The molecule has 7 atom stereocenters. The highest BCUT2D eigenvalue weighted by Gasteiger charge is 2.55. The molecule has 0 aliphatic heterocycles. The standard InChI is InChI=1S/C27H44O/c1-18(2)7-6-8-19(3)23-11-12-24-22-10-9-20-17-21(28)13-15-26(20,4)25(22)14-16-27(23,24)5/h9,12,18-19,21-23,25,28H,6-8,10-11,13-17H2,1-5H3. The maximum absolute atomic E-state index is 10.2. The second-order valence-electron chi connectivity index (χ2n) is 11.8. The van der Waals surface area contributed by atoms with Crippen molar-refractivity contribution in [2.45, 2.75) is 105 Å². The number of hydrogen-bond acceptors (Lipinski definition) is 1. The maximum atomic E-state index is 10.2. The first kappa shape index (κ1) is 20.7. The quantitative estimate of drug-likeness (QED) is 0.493. The molecule has 1 heteroatoms. The van der Waals surface area contributed by atoms with E-state index in [1.165, 1.54) is 51.4 Å². The summed E-state index contributed by atoms with van der Waals surface area (Å²) in [5.41, 5.74) is 4.24. The summed E-state index contributed by atoms with van der Waals surface area (Å²) in [5.74, 6) is 4.14. The van der Waals surface area contributed by atoms with Crippen molar-refractivity contribution in [1.82, 2.24) is 0 Å². The van der Waals surface area contributed by atoms with E-state index in [0.29, 0.717) is 10.8 Å². The van der Waals surface area contributed by atoms with Gasteiger partial charge in [-0.3, -0.25) is 0 Å². The molecule has 2 fully saturated rings. The van der Waals surface area contributed by atoms with Crippen LogP contribution in [0.25, 0.3) is 0 Å². The molecule has 1 N–H and O–H groups in total. The number of aliphatic hydroxyl groups is 1. The zero-order valence-electron chi connectivity index (χ0n) is 19.1. The molecule has 2 saturated carbocycles. The molecule has 0 radical (unpaired) electrons. The van der Waals surface area contributed by atoms with E-state index in [1.807, 2.05) is 5.57 Å². The highest BCUT2D eigenvalue weighted by Crippen LogP contribution is 2.65. The average molecular weight is 385 g/mol. The van der Waals surface area contributed by atoms with E-state index in [2.05, 4.69) is 46.8 Å². The summed E-state index contributed by atoms with van der Waals surface area (Å²) in [6, 6.07) is 0. The van der Waals surface area contributed by atoms with Gasteiger partial charge in [0, 0.05) is 0 Å². The molecule has 158 valence electrons. The largest absolute Gasteiger partial charge is 0.393 e. The molecule has 0 aromatic heterocycles. The van der Waals surface area contributed by atoms with Crippen molar-refractivity contribution in [2.24, 2.45) is 40.4 Å². The minimum absolute atomic E-state index is 0.0912. The topological polar surface area (TPSA) is 20.2 Å². The third kappa shape index (κ3) is 3.34. The molecule has 0 aromatic carbocycles. The highest BCUT2D eigenvalue weighted by molar-refractivity contribution is 5.34. The van der Waals surface area contributed by atoms with Crippen LogP contribution in [0.3, 0.4) is 0 Å². The summed E-state index contributed by atoms with van der Waals surface area (Å²) in [6.07, 6.45) is 17.8. The molecule has 0 amide bonds. The van der Waals surface area contributed by atoms with Crippen molar-refractivity contribution in [3.63, 3.8) is 0 Å². The smallest absolute Gasteiger partial charge is 0.0577 e. The predicted octanol–water partition coefficient (Wildman–Crippen LogP) is 7.31. The third-order valence-electron chi connectivity index (χ3n) is 9.68. The van der Waals surface area contributed by atoms with Gasteiger partial charge in [-0.15, -0.1) is 0 Å². The van der Waals surface area contributed by atoms with E-state index in [-0.39, 0.29) is 6.10 Å². The van der Waals surface area contributed by atoms with Crippen LogP contribution in [-0.2, 0) is 0 Å². The average Bonchev–Trinajstić information content (AvgIpc) is 2.99. The lowest BCUT2D eigenvalue weighted by Gasteiger charge is -2.56. The Kier molecular flexibility index (Phi) is 5.62. The number of rotatable bonds is 5. The fourth-order valence-corrected chi connectivity index (χ4v) is 7.93. The van der Waals surface area contributed by atoms with Crippen LogP contribution in [0.2, 0.25) is 0 Å². The Hall–Kier alpha value is -0.560. The first-order valence-corrected chi connectivity index (χ1v) is 12.3. The fraction of sp³-hybridized carbons (Fsp3) is 0.852. The molecule has 1 nitrogen and oxygen atoms in total. The second kappa shape index (κ2) is 7.60. The SMILES string of the molecule is CC(C)CCCC(C)C1CC=C2C3CC=C4CC(O)CCC4(C)C3CCC21C. The molecule has 0 saturated heterocycles. The summed E-state index contributed by atoms with van der Waals surface area (Å²) >= 11 is 0. The molecule has 0 aromatic rings. The van der Waals surface area contributed by atoms with Crippen LogP contribution in [0.15, 0.2) is 23.3 Å². The number of allylic oxidation sites excluding steroid dienone is 3. The first-order chi connectivity index (χ1) is 13.3. The summed E-state index contributed by atoms with van der Waals surface area (Å²) in [4.78, 5) is 0. The second-order valence-corrected chi connectivity index (χ2v) is 11.8. The van der Waals surface area contributed by atoms with Crippen molar-refractivity contribution in [3.05, 3.63) is 23.3 Å². The number of hydrogen-bond donors (Lipinski definition) is 1. The van der Waals surface area contributed by atoms with Gasteiger partial charge in [0.05, 0.1) is 6.10 Å². The van der Waals surface area contributed by atoms with E-state index < -0.39 is 0 Å². The lowest BCUT2D eigenvalue weighted by Crippen LogP contribution is -2.48. The Morgan fingerprint density at radius 2 is 1.75 bits per heavy atom. The van der Waals surface area contributed by atoms with Gasteiger partial charge in [-0.05, 0) is 85.4 Å². The minimum atomic E-state index is -0.0912. The van der Waals surface area contributed by atoms with Crippen molar-refractivity contribution in [1.29, 1.82) is 0 Å². The van der Waals surface area contributed by atoms with Crippen molar-refractivity contribution >= 4 is 0 Å². The lowest BCUT2D eigenvalue weighted by atomic mass is 9.48. The minimum Gasteiger partial charge on any atom is -0.393 e. The molecule has 7 unspecified atom stereocenters. The van der Waals surface area contributed by atoms with E-state index in [1.54, 1.807) is 5.57 Å². The van der Waals surface area contributed by atoms with Crippen LogP contribution in [0.4, 0.5) is 0 Å². The molecular weight excluding hydrogens is 340 g/mol. The third-order valence-corrected chi connectivity index (χ3v) is 9.68. The maximum Gasteiger partial charge on any atom is 0.0577 e. The van der Waals surface area contributed by atoms with Gasteiger partial charge in [-0.2, -0.15) is 0 Å². The number of aliphatic hydroxyl groups excluding tert-OH is 1. The Morgan fingerprint density at radius 3 is 2.50 bits per heavy atom. The highest BCUT2D eigenvalue weighted by atomic mass is 16.3. The van der Waals surface area contributed by atoms with E-state index in [4.69, 9.17) is 0 Å². The summed E-state index contributed by atoms with van der Waals surface area (Å²) in [6.45, 7) is 12.4. The predicted molar refractivity (Wildman–Crippen MR) is 119 cm³/mol. The Morgan fingerprint density at radius 1 is 1.00 bits per heavy atom. The van der Waals surface area contributed by atoms with Gasteiger partial charge in [0.1, 0.15) is 0 Å². The van der Waals surface area contributed by atoms with Crippen molar-refractivity contribution < 1.29 is 5.11 Å². The van der Waals surface area contributed by atoms with Crippen LogP contribution in [-0.4, -0.2) is 11.2 Å². The lowest BCUT2D eigenvalue weighted by molar-refractivity contribution is 0.0152. The Balaban J connectivity index is 1.50. The summed E-state index contributed by atoms with van der Waals surface area (Å²) in [7, 11) is 0. The van der Waals surface area contributed by atoms with Gasteiger partial charge >= 0.3 is 0 Å². The van der Waals surface area contributed by atoms with Crippen LogP contribution < -0.4 is 0 Å². The molecule has 0 bridgehead atoms. The van der Waals surface area contributed by atoms with E-state index in [9.17, 15) is 5.11 Å². The molecular formula is C27H44O. The monoisotopic (exact) mass is 384 g/mol. The van der Waals surface area contributed by atoms with Gasteiger partial charge in [0.25, 0.3) is 0 Å². The van der Waals surface area contributed by atoms with Gasteiger partial charge in [-0.25, -0.2) is 0 Å². The molecule has 28 heavy (non-hydrogen) atoms. The Bertz CT molecular complexity index is 643. The molecule has 0 spiro atoms. The van der Waals surface area contributed by atoms with Gasteiger partial charge in [0.2, 0.25) is 0 Å². The van der Waals surface area contributed by atoms with Gasteiger partial charge < -0.3 is 5.11 Å². The van der Waals surface area contributed by atoms with Crippen LogP contribution in [0.1, 0.15) is 98.8 Å². The zero-order chi connectivity index (χ0) is 20.1. The summed E-state index contributed by atoms with van der Waals surface area (Å²) < 4.78 is 0. The van der Waals surface area contributed by atoms with Gasteiger partial charge in [0.15, 0.2) is 0 Å². The van der Waals surface area contributed by atoms with Crippen molar-refractivity contribution in [2.75, 3.05) is 0 Å². The van der Waals surface area contributed by atoms with Crippen LogP contribution >= 0.6 is 0 Å². The van der Waals surface area contributed by atoms with Crippen molar-refractivity contribution in [3.8, 4) is 0 Å². The number of fused-ring (bicyclic) bond motifs is 5. The normalized spacial score (nSPS) is 43.7. The fourth-order valence-electron chi connectivity index (χ4n) is 7.93. The van der Waals surface area contributed by atoms with Crippen LogP contribution in [0.5, 0.6) is 0 Å². The van der Waals surface area contributed by atoms with E-state index >= 15 is 0 Å².